The molecule has 12 heteroatoms. The molecule has 0 saturated heterocycles. The Hall–Kier alpha value is 0.840. The second kappa shape index (κ2) is 24.1. The summed E-state index contributed by atoms with van der Waals surface area (Å²) in [5.74, 6) is -6.65. The molecule has 0 aromatic heterocycles. The predicted molar refractivity (Wildman–Crippen MR) is 79.5 cm³/mol. The molecular weight excluding hydrogens is 405 g/mol. The molecular formula is C16H25Na3O9. The van der Waals surface area contributed by atoms with E-state index in [4.69, 9.17) is 10.2 Å². The van der Waals surface area contributed by atoms with Crippen molar-refractivity contribution in [2.24, 2.45) is 0 Å². The molecule has 28 heavy (non-hydrogen) atoms. The first-order valence-corrected chi connectivity index (χ1v) is 8.10. The van der Waals surface area contributed by atoms with E-state index in [1.807, 2.05) is 0 Å². The fraction of sp³-hybridized carbons (Fsp3) is 0.750. The SMILES string of the molecule is CCCCCCCCCC(=O)O.O=C([O-])CC(O)(CC(=O)[O-])C(=O)[O-].[Na+].[Na+].[Na+]. The Morgan fingerprint density at radius 2 is 1.11 bits per heavy atom. The molecule has 0 atom stereocenters. The van der Waals surface area contributed by atoms with Crippen LogP contribution in [0.5, 0.6) is 0 Å². The number of carboxylic acid groups (broad SMARTS) is 4. The Labute approximate surface area is 231 Å². The summed E-state index contributed by atoms with van der Waals surface area (Å²) in [5.41, 5.74) is -2.97. The number of carboxylic acids is 4. The van der Waals surface area contributed by atoms with Gasteiger partial charge in [-0.3, -0.25) is 4.79 Å². The molecule has 0 amide bonds. The van der Waals surface area contributed by atoms with E-state index >= 15 is 0 Å². The number of carbonyl (C=O) groups excluding carboxylic acids is 3. The van der Waals surface area contributed by atoms with Crippen molar-refractivity contribution in [1.29, 1.82) is 0 Å². The van der Waals surface area contributed by atoms with E-state index in [1.165, 1.54) is 32.1 Å². The molecule has 0 aromatic rings. The molecule has 0 bridgehead atoms. The maximum absolute atomic E-state index is 10.1. The minimum absolute atomic E-state index is 0. The molecule has 0 heterocycles. The van der Waals surface area contributed by atoms with E-state index in [2.05, 4.69) is 6.92 Å². The van der Waals surface area contributed by atoms with Crippen LogP contribution in [0.1, 0.15) is 71.1 Å². The normalized spacial score (nSPS) is 9.36. The van der Waals surface area contributed by atoms with Crippen LogP contribution in [0.25, 0.3) is 0 Å². The van der Waals surface area contributed by atoms with Crippen LogP contribution in [0.2, 0.25) is 0 Å². The van der Waals surface area contributed by atoms with E-state index in [1.54, 1.807) is 0 Å². The van der Waals surface area contributed by atoms with E-state index < -0.39 is 42.3 Å². The predicted octanol–water partition coefficient (Wildman–Crippen LogP) is -11.0. The van der Waals surface area contributed by atoms with Crippen molar-refractivity contribution in [3.63, 3.8) is 0 Å². The Morgan fingerprint density at radius 3 is 1.39 bits per heavy atom. The van der Waals surface area contributed by atoms with Crippen LogP contribution in [0.4, 0.5) is 0 Å². The van der Waals surface area contributed by atoms with Gasteiger partial charge in [0.2, 0.25) is 0 Å². The summed E-state index contributed by atoms with van der Waals surface area (Å²) in [4.78, 5) is 40.1. The summed E-state index contributed by atoms with van der Waals surface area (Å²) in [5, 5.41) is 47.3. The fourth-order valence-corrected chi connectivity index (χ4v) is 1.92. The Balaban J connectivity index is -0.000000114. The van der Waals surface area contributed by atoms with E-state index in [9.17, 15) is 34.5 Å². The Morgan fingerprint density at radius 1 is 0.750 bits per heavy atom. The molecule has 0 rings (SSSR count). The minimum atomic E-state index is -2.97. The van der Waals surface area contributed by atoms with Gasteiger partial charge in [0.25, 0.3) is 0 Å². The Kier molecular flexibility index (Phi) is 33.9. The van der Waals surface area contributed by atoms with Gasteiger partial charge in [0.05, 0.1) is 5.97 Å². The van der Waals surface area contributed by atoms with E-state index in [-0.39, 0.29) is 88.7 Å². The zero-order valence-corrected chi connectivity index (χ0v) is 23.3. The Bertz CT molecular complexity index is 429. The van der Waals surface area contributed by atoms with Gasteiger partial charge in [-0.25, -0.2) is 0 Å². The molecule has 0 aromatic carbocycles. The monoisotopic (exact) mass is 430 g/mol. The first-order chi connectivity index (χ1) is 11.5. The molecule has 9 nitrogen and oxygen atoms in total. The quantitative estimate of drug-likeness (QED) is 0.212. The molecule has 0 saturated carbocycles. The molecule has 0 aliphatic carbocycles. The molecule has 146 valence electrons. The standard InChI is InChI=1S/C10H20O2.C6H8O7.3Na/c1-2-3-4-5-6-7-8-9-10(11)12;7-3(8)1-6(13,5(11)12)2-4(9)10;;;/h2-9H2,1H3,(H,11,12);13H,1-2H2,(H,7,8)(H,9,10)(H,11,12);;;/q;;3*+1/p-3. The van der Waals surface area contributed by atoms with Gasteiger partial charge in [-0.2, -0.15) is 0 Å². The summed E-state index contributed by atoms with van der Waals surface area (Å²) < 4.78 is 0. The maximum atomic E-state index is 10.1. The van der Waals surface area contributed by atoms with Crippen LogP contribution in [0, 0.1) is 0 Å². The summed E-state index contributed by atoms with van der Waals surface area (Å²) in [7, 11) is 0. The third-order valence-corrected chi connectivity index (χ3v) is 3.25. The van der Waals surface area contributed by atoms with Gasteiger partial charge < -0.3 is 39.9 Å². The number of carbonyl (C=O) groups is 4. The number of hydrogen-bond acceptors (Lipinski definition) is 8. The van der Waals surface area contributed by atoms with Crippen molar-refractivity contribution in [2.45, 2.75) is 76.7 Å². The van der Waals surface area contributed by atoms with Gasteiger partial charge in [0, 0.05) is 31.2 Å². The van der Waals surface area contributed by atoms with Crippen molar-refractivity contribution >= 4 is 23.9 Å². The maximum Gasteiger partial charge on any atom is 1.00 e. The third kappa shape index (κ3) is 26.8. The number of unbranched alkanes of at least 4 members (excludes halogenated alkanes) is 6. The first kappa shape index (κ1) is 39.3. The number of rotatable bonds is 13. The van der Waals surface area contributed by atoms with Gasteiger partial charge in [0.1, 0.15) is 5.60 Å². The van der Waals surface area contributed by atoms with E-state index in [0.717, 1.165) is 12.8 Å². The van der Waals surface area contributed by atoms with Crippen molar-refractivity contribution in [1.82, 2.24) is 0 Å². The van der Waals surface area contributed by atoms with Crippen molar-refractivity contribution < 1.29 is 133 Å². The molecule has 0 unspecified atom stereocenters. The first-order valence-electron chi connectivity index (χ1n) is 8.10. The van der Waals surface area contributed by atoms with Gasteiger partial charge >= 0.3 is 94.6 Å². The average Bonchev–Trinajstić information content (AvgIpc) is 2.44. The summed E-state index contributed by atoms with van der Waals surface area (Å²) >= 11 is 0. The second-order valence-corrected chi connectivity index (χ2v) is 5.68. The zero-order chi connectivity index (χ0) is 19.9. The van der Waals surface area contributed by atoms with Crippen LogP contribution >= 0.6 is 0 Å². The molecule has 0 radical (unpaired) electrons. The summed E-state index contributed by atoms with van der Waals surface area (Å²) in [6, 6.07) is 0. The molecule has 2 N–H and O–H groups in total. The number of aliphatic carboxylic acids is 4. The molecule has 0 aliphatic heterocycles. The zero-order valence-electron chi connectivity index (χ0n) is 17.3. The molecule has 0 aliphatic rings. The van der Waals surface area contributed by atoms with Crippen LogP contribution in [0.15, 0.2) is 0 Å². The third-order valence-electron chi connectivity index (χ3n) is 3.25. The van der Waals surface area contributed by atoms with Gasteiger partial charge in [-0.1, -0.05) is 45.4 Å². The van der Waals surface area contributed by atoms with Gasteiger partial charge in [-0.15, -0.1) is 0 Å². The van der Waals surface area contributed by atoms with Crippen LogP contribution in [0.3, 0.4) is 0 Å². The van der Waals surface area contributed by atoms with Gasteiger partial charge in [0.15, 0.2) is 0 Å². The number of aliphatic hydroxyl groups is 1. The second-order valence-electron chi connectivity index (χ2n) is 5.68. The van der Waals surface area contributed by atoms with Crippen molar-refractivity contribution in [3.8, 4) is 0 Å². The number of hydrogen-bond donors (Lipinski definition) is 2. The van der Waals surface area contributed by atoms with Gasteiger partial charge in [-0.05, 0) is 6.42 Å². The van der Waals surface area contributed by atoms with Crippen LogP contribution < -0.4 is 104 Å². The van der Waals surface area contributed by atoms with Crippen molar-refractivity contribution in [3.05, 3.63) is 0 Å². The molecule has 0 spiro atoms. The van der Waals surface area contributed by atoms with Crippen molar-refractivity contribution in [2.75, 3.05) is 0 Å². The molecule has 0 fully saturated rings. The summed E-state index contributed by atoms with van der Waals surface area (Å²) in [6.07, 6.45) is 5.93. The van der Waals surface area contributed by atoms with E-state index in [0.29, 0.717) is 6.42 Å². The summed E-state index contributed by atoms with van der Waals surface area (Å²) in [6.45, 7) is 2.20. The van der Waals surface area contributed by atoms with Crippen LogP contribution in [-0.2, 0) is 19.2 Å². The van der Waals surface area contributed by atoms with Crippen LogP contribution in [-0.4, -0.2) is 39.7 Å². The largest absolute Gasteiger partial charge is 1.00 e. The minimum Gasteiger partial charge on any atom is -0.550 e. The fourth-order valence-electron chi connectivity index (χ4n) is 1.92. The topological polar surface area (TPSA) is 178 Å². The smallest absolute Gasteiger partial charge is 0.550 e. The average molecular weight is 430 g/mol.